The zero-order valence-corrected chi connectivity index (χ0v) is 47.2. The molecule has 5 aliphatic carbocycles. The Morgan fingerprint density at radius 2 is 0.722 bits per heavy atom. The van der Waals surface area contributed by atoms with Gasteiger partial charge in [0, 0.05) is 27.9 Å². The molecule has 79 heavy (non-hydrogen) atoms. The second-order valence-electron chi connectivity index (χ2n) is 26.3. The molecule has 386 valence electrons. The molecule has 0 atom stereocenters. The van der Waals surface area contributed by atoms with Gasteiger partial charge in [-0.25, -0.2) is 0 Å². The molecule has 0 unspecified atom stereocenters. The number of hydrogen-bond acceptors (Lipinski definition) is 1. The van der Waals surface area contributed by atoms with Gasteiger partial charge in [0.2, 0.25) is 0 Å². The van der Waals surface area contributed by atoms with Crippen LogP contribution >= 0.6 is 0 Å². The molecule has 0 aliphatic heterocycles. The molecule has 1 nitrogen and oxygen atoms in total. The minimum Gasteiger partial charge on any atom is -0.310 e. The molecule has 0 saturated heterocycles. The predicted octanol–water partition coefficient (Wildman–Crippen LogP) is 21.0. The number of fused-ring (bicyclic) bond motifs is 18. The molecule has 10 aromatic rings. The lowest BCUT2D eigenvalue weighted by Gasteiger charge is -2.37. The first-order chi connectivity index (χ1) is 38.2. The fourth-order valence-corrected chi connectivity index (χ4v) is 15.8. The van der Waals surface area contributed by atoms with E-state index in [4.69, 9.17) is 0 Å². The van der Waals surface area contributed by atoms with E-state index in [1.807, 2.05) is 0 Å². The van der Waals surface area contributed by atoms with Crippen LogP contribution in [0, 0.1) is 0 Å². The van der Waals surface area contributed by atoms with Crippen molar-refractivity contribution in [2.45, 2.75) is 115 Å². The van der Waals surface area contributed by atoms with E-state index in [1.165, 1.54) is 166 Å². The molecule has 1 saturated carbocycles. The molecule has 15 rings (SSSR count). The molecule has 0 bridgehead atoms. The fourth-order valence-electron chi connectivity index (χ4n) is 15.8. The standard InChI is InChI=1S/C78H69N/c1-74(2,3)50-33-39-61-62-40-34-51(75(4,5)6)46-71(62)78(70(61)45-50)68-30-17-14-24-58(68)63-42-38-54(48-72(63)78)79(53-37-41-60-57-23-13-16-29-67(57)77(69(60)47-53)43-18-9-19-44-77)52-35-31-49(32-36-52)55-21-10-11-22-56(55)64-26-20-27-65-59-25-12-15-28-66(59)76(7,8)73(64)65/h10-17,20-42,45-48H,9,18-19,43-44H2,1-8H3. The topological polar surface area (TPSA) is 3.24 Å². The van der Waals surface area contributed by atoms with Crippen LogP contribution in [0.2, 0.25) is 0 Å². The van der Waals surface area contributed by atoms with Gasteiger partial charge in [-0.1, -0.05) is 251 Å². The zero-order chi connectivity index (χ0) is 53.8. The SMILES string of the molecule is CC(C)(C)c1ccc2c(c1)C1(c3ccccc3-c3ccc(N(c4ccc(-c5ccccc5-c5cccc6c5C(C)(C)c5ccccc5-6)cc4)c4ccc5c(c4)C4(CCCCC4)c4ccccc4-5)cc31)c1cc(C(C)(C)C)ccc1-2. The van der Waals surface area contributed by atoms with Gasteiger partial charge >= 0.3 is 0 Å². The van der Waals surface area contributed by atoms with Gasteiger partial charge < -0.3 is 4.90 Å². The van der Waals surface area contributed by atoms with Crippen molar-refractivity contribution < 1.29 is 0 Å². The van der Waals surface area contributed by atoms with Crippen molar-refractivity contribution >= 4 is 17.1 Å². The Morgan fingerprint density at radius 3 is 1.30 bits per heavy atom. The van der Waals surface area contributed by atoms with Gasteiger partial charge in [0.05, 0.1) is 5.41 Å². The summed E-state index contributed by atoms with van der Waals surface area (Å²) in [4.78, 5) is 2.59. The second kappa shape index (κ2) is 17.0. The van der Waals surface area contributed by atoms with Crippen LogP contribution in [0.5, 0.6) is 0 Å². The summed E-state index contributed by atoms with van der Waals surface area (Å²) in [6.45, 7) is 19.0. The lowest BCUT2D eigenvalue weighted by Crippen LogP contribution is -2.28. The van der Waals surface area contributed by atoms with E-state index < -0.39 is 5.41 Å². The Kier molecular flexibility index (Phi) is 10.4. The Labute approximate surface area is 468 Å². The van der Waals surface area contributed by atoms with Gasteiger partial charge in [0.15, 0.2) is 0 Å². The van der Waals surface area contributed by atoms with Crippen LogP contribution in [0.1, 0.15) is 143 Å². The summed E-state index contributed by atoms with van der Waals surface area (Å²) in [6.07, 6.45) is 6.19. The number of nitrogens with zero attached hydrogens (tertiary/aromatic N) is 1. The highest BCUT2D eigenvalue weighted by atomic mass is 15.1. The fraction of sp³-hybridized carbons (Fsp3) is 0.231. The zero-order valence-electron chi connectivity index (χ0n) is 47.2. The van der Waals surface area contributed by atoms with E-state index in [1.54, 1.807) is 0 Å². The highest BCUT2D eigenvalue weighted by Gasteiger charge is 2.53. The molecule has 0 N–H and O–H groups in total. The van der Waals surface area contributed by atoms with Crippen molar-refractivity contribution in [3.05, 3.63) is 268 Å². The molecule has 10 aromatic carbocycles. The monoisotopic (exact) mass is 1020 g/mol. The van der Waals surface area contributed by atoms with E-state index in [0.717, 1.165) is 5.69 Å². The number of benzene rings is 10. The first kappa shape index (κ1) is 48.2. The van der Waals surface area contributed by atoms with Crippen molar-refractivity contribution in [1.82, 2.24) is 0 Å². The lowest BCUT2D eigenvalue weighted by molar-refractivity contribution is 0.353. The van der Waals surface area contributed by atoms with E-state index in [2.05, 4.69) is 273 Å². The predicted molar refractivity (Wildman–Crippen MR) is 333 cm³/mol. The van der Waals surface area contributed by atoms with Crippen molar-refractivity contribution in [2.75, 3.05) is 4.90 Å². The maximum atomic E-state index is 2.60. The third-order valence-electron chi connectivity index (χ3n) is 19.6. The van der Waals surface area contributed by atoms with Gasteiger partial charge in [-0.05, 0) is 182 Å². The molecule has 1 heteroatoms. The van der Waals surface area contributed by atoms with Gasteiger partial charge in [-0.3, -0.25) is 0 Å². The number of rotatable bonds is 5. The van der Waals surface area contributed by atoms with Crippen LogP contribution in [0.25, 0.3) is 66.8 Å². The molecule has 2 spiro atoms. The normalized spacial score (nSPS) is 16.2. The van der Waals surface area contributed by atoms with Gasteiger partial charge in [-0.2, -0.15) is 0 Å². The first-order valence-electron chi connectivity index (χ1n) is 29.2. The first-order valence-corrected chi connectivity index (χ1v) is 29.2. The summed E-state index contributed by atoms with van der Waals surface area (Å²) in [5, 5.41) is 0. The van der Waals surface area contributed by atoms with Crippen LogP contribution in [-0.2, 0) is 27.1 Å². The van der Waals surface area contributed by atoms with Crippen LogP contribution < -0.4 is 4.90 Å². The largest absolute Gasteiger partial charge is 0.310 e. The summed E-state index contributed by atoms with van der Waals surface area (Å²) in [5.41, 5.74) is 32.8. The third kappa shape index (κ3) is 6.81. The molecule has 0 amide bonds. The highest BCUT2D eigenvalue weighted by molar-refractivity contribution is 5.98. The van der Waals surface area contributed by atoms with E-state index in [9.17, 15) is 0 Å². The smallest absolute Gasteiger partial charge is 0.0726 e. The second-order valence-corrected chi connectivity index (χ2v) is 26.3. The number of anilines is 3. The van der Waals surface area contributed by atoms with Crippen molar-refractivity contribution in [2.24, 2.45) is 0 Å². The molecular formula is C78H69N. The molecule has 0 aromatic heterocycles. The van der Waals surface area contributed by atoms with Crippen molar-refractivity contribution in [3.63, 3.8) is 0 Å². The van der Waals surface area contributed by atoms with Crippen LogP contribution in [0.4, 0.5) is 17.1 Å². The third-order valence-corrected chi connectivity index (χ3v) is 19.6. The lowest BCUT2D eigenvalue weighted by atomic mass is 9.68. The van der Waals surface area contributed by atoms with Gasteiger partial charge in [0.25, 0.3) is 0 Å². The average Bonchev–Trinajstić information content (AvgIpc) is 2.01. The molecule has 0 heterocycles. The molecular weight excluding hydrogens is 951 g/mol. The Bertz CT molecular complexity index is 4090. The average molecular weight is 1020 g/mol. The summed E-state index contributed by atoms with van der Waals surface area (Å²) < 4.78 is 0. The molecule has 0 radical (unpaired) electrons. The maximum Gasteiger partial charge on any atom is 0.0726 e. The van der Waals surface area contributed by atoms with Gasteiger partial charge in [-0.15, -0.1) is 0 Å². The summed E-state index contributed by atoms with van der Waals surface area (Å²) in [5.74, 6) is 0. The van der Waals surface area contributed by atoms with Crippen molar-refractivity contribution in [3.8, 4) is 66.8 Å². The number of hydrogen-bond donors (Lipinski definition) is 0. The van der Waals surface area contributed by atoms with Crippen LogP contribution in [0.3, 0.4) is 0 Å². The molecule has 1 fully saturated rings. The van der Waals surface area contributed by atoms with Crippen LogP contribution in [0.15, 0.2) is 212 Å². The van der Waals surface area contributed by atoms with E-state index in [-0.39, 0.29) is 21.7 Å². The summed E-state index contributed by atoms with van der Waals surface area (Å²) >= 11 is 0. The Hall–Kier alpha value is -8.00. The van der Waals surface area contributed by atoms with E-state index in [0.29, 0.717) is 0 Å². The highest BCUT2D eigenvalue weighted by Crippen LogP contribution is 2.65. The van der Waals surface area contributed by atoms with Crippen molar-refractivity contribution in [1.29, 1.82) is 0 Å². The Morgan fingerprint density at radius 1 is 0.316 bits per heavy atom. The van der Waals surface area contributed by atoms with E-state index >= 15 is 0 Å². The van der Waals surface area contributed by atoms with Gasteiger partial charge in [0.1, 0.15) is 0 Å². The Balaban J connectivity index is 0.943. The summed E-state index contributed by atoms with van der Waals surface area (Å²) in [6, 6.07) is 82.9. The van der Waals surface area contributed by atoms with Crippen LogP contribution in [-0.4, -0.2) is 0 Å². The molecule has 5 aliphatic rings. The maximum absolute atomic E-state index is 2.60. The minimum atomic E-state index is -0.520. The minimum absolute atomic E-state index is 0.0173. The summed E-state index contributed by atoms with van der Waals surface area (Å²) in [7, 11) is 0. The quantitative estimate of drug-likeness (QED) is 0.166.